The Morgan fingerprint density at radius 1 is 1.08 bits per heavy atom. The minimum atomic E-state index is -4.84. The maximum absolute atomic E-state index is 13.9. The fourth-order valence-corrected chi connectivity index (χ4v) is 3.72. The number of hydrogen-bond donors (Lipinski definition) is 1. The SMILES string of the molecule is CC(C)(C)OC(=O)c1nc(C(F)(F)F)n2c1CN(C(=O)CC(N)Cc1cc(F)c(F)cc1F)CC2.Cl. The number of hydrogen-bond acceptors (Lipinski definition) is 5. The summed E-state index contributed by atoms with van der Waals surface area (Å²) < 4.78 is 86.9. The summed E-state index contributed by atoms with van der Waals surface area (Å²) in [7, 11) is 0. The van der Waals surface area contributed by atoms with E-state index in [1.807, 2.05) is 0 Å². The molecule has 3 rings (SSSR count). The highest BCUT2D eigenvalue weighted by Gasteiger charge is 2.42. The second-order valence-electron chi connectivity index (χ2n) is 9.22. The second kappa shape index (κ2) is 10.7. The molecule has 1 amide bonds. The summed E-state index contributed by atoms with van der Waals surface area (Å²) in [6, 6.07) is 0.0477. The summed E-state index contributed by atoms with van der Waals surface area (Å²) >= 11 is 0. The largest absolute Gasteiger partial charge is 0.455 e. The zero-order chi connectivity index (χ0) is 26.3. The lowest BCUT2D eigenvalue weighted by Gasteiger charge is -2.30. The molecule has 0 fully saturated rings. The van der Waals surface area contributed by atoms with Crippen LogP contribution in [0, 0.1) is 17.5 Å². The average molecular weight is 543 g/mol. The van der Waals surface area contributed by atoms with Crippen molar-refractivity contribution in [3.05, 3.63) is 52.4 Å². The Balaban J connectivity index is 0.00000456. The zero-order valence-electron chi connectivity index (χ0n) is 19.6. The predicted octanol–water partition coefficient (Wildman–Crippen LogP) is 4.00. The van der Waals surface area contributed by atoms with E-state index < -0.39 is 58.7 Å². The van der Waals surface area contributed by atoms with Crippen molar-refractivity contribution in [2.75, 3.05) is 6.54 Å². The molecule has 7 nitrogen and oxygen atoms in total. The number of halogens is 7. The first-order chi connectivity index (χ1) is 16.1. The molecule has 0 saturated heterocycles. The number of ether oxygens (including phenoxy) is 1. The first kappa shape index (κ1) is 29.4. The van der Waals surface area contributed by atoms with Gasteiger partial charge in [0.25, 0.3) is 0 Å². The summed E-state index contributed by atoms with van der Waals surface area (Å²) in [5, 5.41) is 0. The molecule has 1 aromatic heterocycles. The van der Waals surface area contributed by atoms with Gasteiger partial charge in [-0.3, -0.25) is 4.79 Å². The lowest BCUT2D eigenvalue weighted by molar-refractivity contribution is -0.148. The van der Waals surface area contributed by atoms with Gasteiger partial charge in [-0.05, 0) is 38.8 Å². The molecule has 0 aliphatic carbocycles. The van der Waals surface area contributed by atoms with Crippen LogP contribution in [0.3, 0.4) is 0 Å². The number of rotatable bonds is 5. The minimum absolute atomic E-state index is 0. The second-order valence-corrected chi connectivity index (χ2v) is 9.22. The first-order valence-electron chi connectivity index (χ1n) is 10.6. The van der Waals surface area contributed by atoms with Gasteiger partial charge in [-0.2, -0.15) is 13.2 Å². The Labute approximate surface area is 209 Å². The molecular weight excluding hydrogens is 518 g/mol. The zero-order valence-corrected chi connectivity index (χ0v) is 20.4. The van der Waals surface area contributed by atoms with Crippen molar-refractivity contribution in [1.29, 1.82) is 0 Å². The van der Waals surface area contributed by atoms with Gasteiger partial charge in [-0.15, -0.1) is 12.4 Å². The Kier molecular flexibility index (Phi) is 8.72. The van der Waals surface area contributed by atoms with Gasteiger partial charge in [0.05, 0.1) is 12.2 Å². The van der Waals surface area contributed by atoms with Gasteiger partial charge in [0, 0.05) is 31.6 Å². The van der Waals surface area contributed by atoms with Crippen LogP contribution in [0.5, 0.6) is 0 Å². The third-order valence-corrected chi connectivity index (χ3v) is 5.21. The molecule has 36 heavy (non-hydrogen) atoms. The number of nitrogens with two attached hydrogens (primary N) is 1. The Bertz CT molecular complexity index is 1150. The number of carbonyl (C=O) groups excluding carboxylic acids is 2. The summed E-state index contributed by atoms with van der Waals surface area (Å²) in [6.45, 7) is 3.88. The summed E-state index contributed by atoms with van der Waals surface area (Å²) in [5.74, 6) is -6.55. The highest BCUT2D eigenvalue weighted by molar-refractivity contribution is 5.89. The molecule has 1 aliphatic heterocycles. The molecule has 1 aliphatic rings. The van der Waals surface area contributed by atoms with Crippen molar-refractivity contribution < 1.29 is 40.7 Å². The molecule has 2 N–H and O–H groups in total. The third kappa shape index (κ3) is 6.69. The summed E-state index contributed by atoms with van der Waals surface area (Å²) in [6.07, 6.45) is -5.46. The fraction of sp³-hybridized carbons (Fsp3) is 0.500. The number of carbonyl (C=O) groups is 2. The van der Waals surface area contributed by atoms with E-state index in [0.717, 1.165) is 4.57 Å². The predicted molar refractivity (Wildman–Crippen MR) is 118 cm³/mol. The van der Waals surface area contributed by atoms with Crippen LogP contribution in [0.15, 0.2) is 12.1 Å². The third-order valence-electron chi connectivity index (χ3n) is 5.21. The highest BCUT2D eigenvalue weighted by atomic mass is 35.5. The van der Waals surface area contributed by atoms with Crippen LogP contribution in [0.1, 0.15) is 54.8 Å². The van der Waals surface area contributed by atoms with Gasteiger partial charge in [0.1, 0.15) is 11.4 Å². The van der Waals surface area contributed by atoms with E-state index in [1.165, 1.54) is 4.90 Å². The van der Waals surface area contributed by atoms with Gasteiger partial charge in [-0.25, -0.2) is 22.9 Å². The monoisotopic (exact) mass is 542 g/mol. The van der Waals surface area contributed by atoms with Crippen molar-refractivity contribution in [2.45, 2.75) is 64.5 Å². The van der Waals surface area contributed by atoms with Crippen LogP contribution in [0.2, 0.25) is 0 Å². The van der Waals surface area contributed by atoms with E-state index in [9.17, 15) is 35.9 Å². The van der Waals surface area contributed by atoms with Crippen LogP contribution in [0.25, 0.3) is 0 Å². The average Bonchev–Trinajstić information content (AvgIpc) is 3.10. The van der Waals surface area contributed by atoms with Crippen molar-refractivity contribution in [2.24, 2.45) is 5.73 Å². The van der Waals surface area contributed by atoms with Crippen LogP contribution in [-0.2, 0) is 35.2 Å². The number of esters is 1. The summed E-state index contributed by atoms with van der Waals surface area (Å²) in [5.41, 5.74) is 4.02. The van der Waals surface area contributed by atoms with Crippen molar-refractivity contribution in [1.82, 2.24) is 14.5 Å². The summed E-state index contributed by atoms with van der Waals surface area (Å²) in [4.78, 5) is 30.0. The van der Waals surface area contributed by atoms with Crippen molar-refractivity contribution in [3.8, 4) is 0 Å². The normalized spacial score (nSPS) is 14.7. The maximum atomic E-state index is 13.9. The smallest absolute Gasteiger partial charge is 0.449 e. The van der Waals surface area contributed by atoms with Gasteiger partial charge in [-0.1, -0.05) is 0 Å². The highest BCUT2D eigenvalue weighted by Crippen LogP contribution is 2.33. The van der Waals surface area contributed by atoms with Crippen LogP contribution >= 0.6 is 12.4 Å². The number of alkyl halides is 3. The Morgan fingerprint density at radius 2 is 1.69 bits per heavy atom. The molecule has 1 unspecified atom stereocenters. The minimum Gasteiger partial charge on any atom is -0.455 e. The number of nitrogens with zero attached hydrogens (tertiary/aromatic N) is 3. The first-order valence-corrected chi connectivity index (χ1v) is 10.6. The molecule has 14 heteroatoms. The molecule has 200 valence electrons. The van der Waals surface area contributed by atoms with Gasteiger partial charge < -0.3 is 19.9 Å². The van der Waals surface area contributed by atoms with E-state index in [4.69, 9.17) is 10.5 Å². The van der Waals surface area contributed by atoms with E-state index in [-0.39, 0.29) is 56.1 Å². The lowest BCUT2D eigenvalue weighted by atomic mass is 10.0. The van der Waals surface area contributed by atoms with Crippen LogP contribution < -0.4 is 5.73 Å². The number of aromatic nitrogens is 2. The standard InChI is InChI=1S/C22H24F6N4O3.ClH/c1-21(2,3)35-19(34)18-16-10-31(4-5-32(16)20(30-18)22(26,27)28)17(33)8-12(29)6-11-7-14(24)15(25)9-13(11)23;/h7,9,12H,4-6,8,10,29H2,1-3H3;1H. The van der Waals surface area contributed by atoms with Crippen LogP contribution in [-0.4, -0.2) is 44.5 Å². The fourth-order valence-electron chi connectivity index (χ4n) is 3.72. The quantitative estimate of drug-likeness (QED) is 0.350. The Morgan fingerprint density at radius 3 is 2.28 bits per heavy atom. The number of amides is 1. The molecule has 1 aromatic carbocycles. The van der Waals surface area contributed by atoms with E-state index in [1.54, 1.807) is 20.8 Å². The Hall–Kier alpha value is -2.80. The molecule has 0 saturated carbocycles. The topological polar surface area (TPSA) is 90.5 Å². The molecule has 0 radical (unpaired) electrons. The van der Waals surface area contributed by atoms with E-state index in [0.29, 0.717) is 12.1 Å². The molecule has 1 atom stereocenters. The molecule has 0 bridgehead atoms. The molecule has 2 heterocycles. The van der Waals surface area contributed by atoms with E-state index >= 15 is 0 Å². The molecular formula is C22H25ClF6N4O3. The van der Waals surface area contributed by atoms with Gasteiger partial charge in [0.15, 0.2) is 17.3 Å². The van der Waals surface area contributed by atoms with Crippen molar-refractivity contribution >= 4 is 24.3 Å². The number of fused-ring (bicyclic) bond motifs is 1. The van der Waals surface area contributed by atoms with E-state index in [2.05, 4.69) is 4.98 Å². The number of benzene rings is 1. The molecule has 0 spiro atoms. The number of imidazole rings is 1. The van der Waals surface area contributed by atoms with Crippen molar-refractivity contribution in [3.63, 3.8) is 0 Å². The van der Waals surface area contributed by atoms with Gasteiger partial charge >= 0.3 is 12.1 Å². The molecule has 2 aromatic rings. The van der Waals surface area contributed by atoms with Gasteiger partial charge in [0.2, 0.25) is 11.7 Å². The maximum Gasteiger partial charge on any atom is 0.449 e. The van der Waals surface area contributed by atoms with Crippen LogP contribution in [0.4, 0.5) is 26.3 Å². The lowest BCUT2D eigenvalue weighted by Crippen LogP contribution is -2.42.